The molecule has 0 radical (unpaired) electrons. The van der Waals surface area contributed by atoms with Gasteiger partial charge < -0.3 is 42.5 Å². The Labute approximate surface area is 287 Å². The third-order valence-corrected chi connectivity index (χ3v) is 7.75. The summed E-state index contributed by atoms with van der Waals surface area (Å²) in [6.45, 7) is 13.3. The molecule has 0 unspecified atom stereocenters. The number of carboxylic acid groups (broad SMARTS) is 1. The Bertz CT molecular complexity index is 1340. The van der Waals surface area contributed by atoms with Gasteiger partial charge in [0.2, 0.25) is 35.4 Å². The normalized spacial score (nSPS) is 14.5. The van der Waals surface area contributed by atoms with Crippen molar-refractivity contribution in [1.82, 2.24) is 26.6 Å². The first-order chi connectivity index (χ1) is 22.7. The average Bonchev–Trinajstić information content (AvgIpc) is 2.99. The highest BCUT2D eigenvalue weighted by atomic mass is 16.4. The van der Waals surface area contributed by atoms with E-state index in [9.17, 15) is 38.7 Å². The minimum Gasteiger partial charge on any atom is -0.481 e. The fourth-order valence-corrected chi connectivity index (χ4v) is 4.89. The molecule has 274 valence electrons. The van der Waals surface area contributed by atoms with Crippen LogP contribution < -0.4 is 32.3 Å². The lowest BCUT2D eigenvalue weighted by Gasteiger charge is -2.33. The number of rotatable bonds is 19. The number of carbonyl (C=O) groups is 7. The third kappa shape index (κ3) is 14.6. The minimum absolute atomic E-state index is 0.0254. The maximum atomic E-state index is 13.9. The van der Waals surface area contributed by atoms with Gasteiger partial charge in [-0.15, -0.1) is 0 Å². The highest BCUT2D eigenvalue weighted by Gasteiger charge is 2.38. The number of amides is 6. The van der Waals surface area contributed by atoms with Gasteiger partial charge in [-0.1, -0.05) is 72.7 Å². The van der Waals surface area contributed by atoms with Crippen molar-refractivity contribution in [3.63, 3.8) is 0 Å². The van der Waals surface area contributed by atoms with E-state index in [-0.39, 0.29) is 12.3 Å². The zero-order chi connectivity index (χ0) is 37.6. The molecule has 0 saturated heterocycles. The fraction of sp³-hybridized carbons (Fsp3) is 0.618. The topological polar surface area (TPSA) is 246 Å². The van der Waals surface area contributed by atoms with Crippen LogP contribution in [0, 0.1) is 24.2 Å². The van der Waals surface area contributed by atoms with E-state index >= 15 is 0 Å². The molecule has 5 atom stereocenters. The van der Waals surface area contributed by atoms with Crippen molar-refractivity contribution in [1.29, 1.82) is 0 Å². The van der Waals surface area contributed by atoms with Gasteiger partial charge in [0.25, 0.3) is 0 Å². The molecule has 0 aliphatic carbocycles. The summed E-state index contributed by atoms with van der Waals surface area (Å²) in [5.74, 6) is -6.13. The molecular weight excluding hydrogens is 636 g/mol. The minimum atomic E-state index is -1.47. The second kappa shape index (κ2) is 19.5. The molecule has 0 aliphatic rings. The number of aliphatic hydroxyl groups is 1. The highest BCUT2D eigenvalue weighted by molar-refractivity contribution is 5.97. The zero-order valence-electron chi connectivity index (χ0n) is 29.7. The summed E-state index contributed by atoms with van der Waals surface area (Å²) in [5.41, 5.74) is 6.28. The molecule has 15 nitrogen and oxygen atoms in total. The Balaban J connectivity index is 3.34. The molecule has 0 bridgehead atoms. The van der Waals surface area contributed by atoms with Crippen molar-refractivity contribution >= 4 is 41.4 Å². The van der Waals surface area contributed by atoms with Crippen LogP contribution in [0.2, 0.25) is 0 Å². The lowest BCUT2D eigenvalue weighted by Crippen LogP contribution is -2.62. The second-order valence-corrected chi connectivity index (χ2v) is 14.0. The molecule has 49 heavy (non-hydrogen) atoms. The number of primary amides is 1. The first-order valence-corrected chi connectivity index (χ1v) is 16.3. The number of carbonyl (C=O) groups excluding carboxylic acids is 6. The van der Waals surface area contributed by atoms with Gasteiger partial charge >= 0.3 is 5.97 Å². The molecule has 9 N–H and O–H groups in total. The number of carboxylic acids is 1. The maximum Gasteiger partial charge on any atom is 0.303 e. The molecule has 6 amide bonds. The van der Waals surface area contributed by atoms with Crippen LogP contribution in [0.25, 0.3) is 0 Å². The predicted octanol–water partition coefficient (Wildman–Crippen LogP) is 0.0521. The Morgan fingerprint density at radius 3 is 1.82 bits per heavy atom. The molecule has 15 heteroatoms. The van der Waals surface area contributed by atoms with E-state index < -0.39 is 102 Å². The van der Waals surface area contributed by atoms with Gasteiger partial charge in [0.15, 0.2) is 0 Å². The molecule has 0 aliphatic heterocycles. The molecule has 0 saturated carbocycles. The van der Waals surface area contributed by atoms with E-state index in [0.717, 1.165) is 11.1 Å². The van der Waals surface area contributed by atoms with Crippen LogP contribution in [-0.4, -0.2) is 88.4 Å². The Morgan fingerprint density at radius 2 is 1.33 bits per heavy atom. The molecule has 1 rings (SSSR count). The van der Waals surface area contributed by atoms with E-state index in [0.29, 0.717) is 6.42 Å². The van der Waals surface area contributed by atoms with E-state index in [1.165, 1.54) is 0 Å². The predicted molar refractivity (Wildman–Crippen MR) is 181 cm³/mol. The summed E-state index contributed by atoms with van der Waals surface area (Å²) < 4.78 is 0. The summed E-state index contributed by atoms with van der Waals surface area (Å²) in [7, 11) is 0. The maximum absolute atomic E-state index is 13.9. The number of benzene rings is 1. The average molecular weight is 691 g/mol. The number of aliphatic carboxylic acids is 1. The first-order valence-electron chi connectivity index (χ1n) is 16.3. The van der Waals surface area contributed by atoms with Gasteiger partial charge in [-0.25, -0.2) is 0 Å². The second-order valence-electron chi connectivity index (χ2n) is 14.0. The van der Waals surface area contributed by atoms with Crippen molar-refractivity contribution in [3.8, 4) is 0 Å². The summed E-state index contributed by atoms with van der Waals surface area (Å²) in [6.07, 6.45) is -0.577. The standard InChI is InChI=1S/C34H54N6O9/c1-18(2)15-22(29(35)45)37-33(49)28(34(6,7)8)40-30(46)23(16-21-12-10-9-11-20(21)5)38-32(48)27(19(3)4)39-31(47)24(17-41)36-25(42)13-14-26(43)44/h9-12,18-19,22-24,27-28,41H,13-17H2,1-8H3,(H2,35,45)(H,36,42)(H,37,49)(H,38,48)(H,39,47)(H,40,46)(H,43,44)/t22-,23-,24-,27+,28+/m0/s1. The summed E-state index contributed by atoms with van der Waals surface area (Å²) in [4.78, 5) is 89.1. The Hall–Kier alpha value is -4.53. The van der Waals surface area contributed by atoms with E-state index in [1.807, 2.05) is 32.9 Å². The lowest BCUT2D eigenvalue weighted by atomic mass is 9.85. The first kappa shape index (κ1) is 42.5. The van der Waals surface area contributed by atoms with E-state index in [4.69, 9.17) is 10.8 Å². The zero-order valence-corrected chi connectivity index (χ0v) is 29.7. The SMILES string of the molecule is Cc1ccccc1C[C@H](NC(=O)[C@H](NC(=O)[C@H](CO)NC(=O)CCC(=O)O)C(C)C)C(=O)N[C@H](C(=O)N[C@@H](CC(C)C)C(N)=O)C(C)(C)C. The number of aliphatic hydroxyl groups excluding tert-OH is 1. The van der Waals surface area contributed by atoms with Crippen molar-refractivity contribution in [2.24, 2.45) is 23.0 Å². The van der Waals surface area contributed by atoms with Crippen LogP contribution in [-0.2, 0) is 40.0 Å². The molecule has 0 fully saturated rings. The van der Waals surface area contributed by atoms with Crippen LogP contribution >= 0.6 is 0 Å². The number of aryl methyl sites for hydroxylation is 1. The van der Waals surface area contributed by atoms with Gasteiger partial charge in [-0.2, -0.15) is 0 Å². The number of nitrogens with two attached hydrogens (primary N) is 1. The number of hydrogen-bond acceptors (Lipinski definition) is 8. The third-order valence-electron chi connectivity index (χ3n) is 7.75. The van der Waals surface area contributed by atoms with Gasteiger partial charge in [0.05, 0.1) is 13.0 Å². The quantitative estimate of drug-likeness (QED) is 0.0976. The van der Waals surface area contributed by atoms with Crippen molar-refractivity contribution < 1.29 is 43.8 Å². The fourth-order valence-electron chi connectivity index (χ4n) is 4.89. The van der Waals surface area contributed by atoms with Crippen molar-refractivity contribution in [2.45, 2.75) is 111 Å². The van der Waals surface area contributed by atoms with Crippen LogP contribution in [0.3, 0.4) is 0 Å². The van der Waals surface area contributed by atoms with Crippen molar-refractivity contribution in [2.75, 3.05) is 6.61 Å². The molecule has 1 aromatic carbocycles. The van der Waals surface area contributed by atoms with Crippen LogP contribution in [0.1, 0.15) is 78.9 Å². The largest absolute Gasteiger partial charge is 0.481 e. The Kier molecular flexibility index (Phi) is 16.9. The molecule has 1 aromatic rings. The van der Waals surface area contributed by atoms with Crippen LogP contribution in [0.15, 0.2) is 24.3 Å². The Morgan fingerprint density at radius 1 is 0.755 bits per heavy atom. The molecule has 0 aromatic heterocycles. The molecule has 0 heterocycles. The number of nitrogens with one attached hydrogen (secondary N) is 5. The highest BCUT2D eigenvalue weighted by Crippen LogP contribution is 2.21. The molecular formula is C34H54N6O9. The summed E-state index contributed by atoms with van der Waals surface area (Å²) >= 11 is 0. The lowest BCUT2D eigenvalue weighted by molar-refractivity contribution is -0.139. The molecule has 0 spiro atoms. The van der Waals surface area contributed by atoms with Crippen LogP contribution in [0.4, 0.5) is 0 Å². The van der Waals surface area contributed by atoms with Gasteiger partial charge in [0.1, 0.15) is 30.2 Å². The van der Waals surface area contributed by atoms with Crippen LogP contribution in [0.5, 0.6) is 0 Å². The van der Waals surface area contributed by atoms with Crippen molar-refractivity contribution in [3.05, 3.63) is 35.4 Å². The monoisotopic (exact) mass is 690 g/mol. The van der Waals surface area contributed by atoms with Gasteiger partial charge in [0, 0.05) is 12.8 Å². The van der Waals surface area contributed by atoms with E-state index in [1.54, 1.807) is 46.8 Å². The number of hydrogen-bond donors (Lipinski definition) is 8. The van der Waals surface area contributed by atoms with E-state index in [2.05, 4.69) is 26.6 Å². The van der Waals surface area contributed by atoms with Gasteiger partial charge in [-0.3, -0.25) is 33.6 Å². The smallest absolute Gasteiger partial charge is 0.303 e. The summed E-state index contributed by atoms with van der Waals surface area (Å²) in [5, 5.41) is 31.4. The van der Waals surface area contributed by atoms with Gasteiger partial charge in [-0.05, 0) is 41.7 Å². The summed E-state index contributed by atoms with van der Waals surface area (Å²) in [6, 6.07) is 1.22.